The highest BCUT2D eigenvalue weighted by molar-refractivity contribution is 7.91. The first-order valence-electron chi connectivity index (χ1n) is 7.31. The van der Waals surface area contributed by atoms with E-state index >= 15 is 0 Å². The molecule has 0 atom stereocenters. The molecule has 1 amide bonds. The molecule has 3 aromatic rings. The highest BCUT2D eigenvalue weighted by atomic mass is 32.2. The van der Waals surface area contributed by atoms with Gasteiger partial charge in [0.05, 0.1) is 15.1 Å². The molecular formula is C16H13F2N3O3S2. The number of aryl methyl sites for hydroxylation is 1. The zero-order valence-corrected chi connectivity index (χ0v) is 15.0. The number of nitrogens with zero attached hydrogens (tertiary/aromatic N) is 2. The maximum absolute atomic E-state index is 12.5. The Morgan fingerprint density at radius 2 is 1.81 bits per heavy atom. The third-order valence-electron chi connectivity index (χ3n) is 3.65. The zero-order valence-electron chi connectivity index (χ0n) is 13.4. The Morgan fingerprint density at radius 3 is 2.42 bits per heavy atom. The van der Waals surface area contributed by atoms with Gasteiger partial charge in [0.1, 0.15) is 0 Å². The highest BCUT2D eigenvalue weighted by Gasteiger charge is 2.26. The van der Waals surface area contributed by atoms with Crippen LogP contribution in [0.15, 0.2) is 58.5 Å². The lowest BCUT2D eigenvalue weighted by atomic mass is 10.2. The molecule has 2 aromatic carbocycles. The fourth-order valence-corrected chi connectivity index (χ4v) is 3.95. The van der Waals surface area contributed by atoms with Crippen LogP contribution in [-0.2, 0) is 16.9 Å². The summed E-state index contributed by atoms with van der Waals surface area (Å²) in [5.41, 5.74) is 3.44. The second kappa shape index (κ2) is 6.96. The van der Waals surface area contributed by atoms with Crippen LogP contribution in [-0.4, -0.2) is 24.6 Å². The van der Waals surface area contributed by atoms with Gasteiger partial charge < -0.3 is 4.57 Å². The molecule has 10 heteroatoms. The predicted octanol–water partition coefficient (Wildman–Crippen LogP) is 2.48. The average Bonchev–Trinajstić information content (AvgIpc) is 2.96. The molecule has 0 aliphatic rings. The summed E-state index contributed by atoms with van der Waals surface area (Å²) < 4.78 is 50.6. The third-order valence-corrected chi connectivity index (χ3v) is 6.16. The van der Waals surface area contributed by atoms with Crippen molar-refractivity contribution in [3.8, 4) is 0 Å². The summed E-state index contributed by atoms with van der Waals surface area (Å²) in [5.74, 6) is -4.09. The standard InChI is InChI=1S/C16H13F2N3O3S2/c1-21-12-4-2-3-5-13(12)25-16(21)20-19-14(22)10-6-8-11(9-7-10)26(23,24)15(17)18/h2-9,15H,1H3,(H,19,22). The Labute approximate surface area is 151 Å². The summed E-state index contributed by atoms with van der Waals surface area (Å²) in [4.78, 5) is 12.2. The Morgan fingerprint density at radius 1 is 1.15 bits per heavy atom. The number of carbonyl (C=O) groups is 1. The molecule has 0 aliphatic carbocycles. The van der Waals surface area contributed by atoms with Crippen molar-refractivity contribution in [3.63, 3.8) is 0 Å². The Kier molecular flexibility index (Phi) is 4.88. The van der Waals surface area contributed by atoms with Crippen LogP contribution in [0.4, 0.5) is 8.78 Å². The van der Waals surface area contributed by atoms with Gasteiger partial charge in [-0.2, -0.15) is 8.78 Å². The molecule has 1 N–H and O–H groups in total. The van der Waals surface area contributed by atoms with E-state index in [1.165, 1.54) is 11.3 Å². The van der Waals surface area contributed by atoms with E-state index in [2.05, 4.69) is 10.5 Å². The van der Waals surface area contributed by atoms with Gasteiger partial charge in [-0.25, -0.2) is 13.8 Å². The van der Waals surface area contributed by atoms with Gasteiger partial charge in [0, 0.05) is 12.6 Å². The molecular weight excluding hydrogens is 384 g/mol. The molecule has 0 saturated heterocycles. The largest absolute Gasteiger partial charge is 0.341 e. The van der Waals surface area contributed by atoms with Crippen LogP contribution in [0.25, 0.3) is 10.2 Å². The number of carbonyl (C=O) groups excluding carboxylic acids is 1. The monoisotopic (exact) mass is 397 g/mol. The number of amides is 1. The molecule has 1 heterocycles. The van der Waals surface area contributed by atoms with Crippen molar-refractivity contribution in [2.45, 2.75) is 10.7 Å². The van der Waals surface area contributed by atoms with Crippen LogP contribution < -0.4 is 10.2 Å². The van der Waals surface area contributed by atoms with Crippen molar-refractivity contribution in [1.82, 2.24) is 9.99 Å². The number of halogens is 2. The summed E-state index contributed by atoms with van der Waals surface area (Å²) >= 11 is 1.39. The molecule has 6 nitrogen and oxygen atoms in total. The number of fused-ring (bicyclic) bond motifs is 1. The maximum atomic E-state index is 12.5. The normalized spacial score (nSPS) is 12.7. The second-order valence-corrected chi connectivity index (χ2v) is 8.22. The fraction of sp³-hybridized carbons (Fsp3) is 0.125. The summed E-state index contributed by atoms with van der Waals surface area (Å²) in [7, 11) is -2.87. The minimum Gasteiger partial charge on any atom is -0.318 e. The molecule has 0 bridgehead atoms. The lowest BCUT2D eigenvalue weighted by Crippen LogP contribution is -2.23. The molecule has 0 aliphatic heterocycles. The van der Waals surface area contributed by atoms with Gasteiger partial charge in [0.2, 0.25) is 14.6 Å². The van der Waals surface area contributed by atoms with Gasteiger partial charge in [0.25, 0.3) is 5.91 Å². The van der Waals surface area contributed by atoms with E-state index in [1.807, 2.05) is 35.9 Å². The number of nitrogens with one attached hydrogen (secondary N) is 1. The predicted molar refractivity (Wildman–Crippen MR) is 93.5 cm³/mol. The number of hydrogen-bond donors (Lipinski definition) is 1. The zero-order chi connectivity index (χ0) is 18.9. The van der Waals surface area contributed by atoms with E-state index in [4.69, 9.17) is 0 Å². The van der Waals surface area contributed by atoms with Crippen LogP contribution >= 0.6 is 11.3 Å². The van der Waals surface area contributed by atoms with Gasteiger partial charge >= 0.3 is 5.76 Å². The molecule has 0 unspecified atom stereocenters. The van der Waals surface area contributed by atoms with Crippen molar-refractivity contribution in [2.75, 3.05) is 0 Å². The number of hydrogen-bond acceptors (Lipinski definition) is 5. The quantitative estimate of drug-likeness (QED) is 0.687. The van der Waals surface area contributed by atoms with Gasteiger partial charge in [-0.05, 0) is 36.4 Å². The first-order chi connectivity index (χ1) is 12.3. The molecule has 0 saturated carbocycles. The van der Waals surface area contributed by atoms with E-state index in [-0.39, 0.29) is 5.56 Å². The van der Waals surface area contributed by atoms with E-state index in [0.29, 0.717) is 4.80 Å². The number of alkyl halides is 2. The number of para-hydroxylation sites is 1. The average molecular weight is 397 g/mol. The molecule has 1 aromatic heterocycles. The Hall–Kier alpha value is -2.59. The first-order valence-corrected chi connectivity index (χ1v) is 9.68. The minimum absolute atomic E-state index is 0.103. The van der Waals surface area contributed by atoms with E-state index in [9.17, 15) is 22.0 Å². The van der Waals surface area contributed by atoms with Gasteiger partial charge in [0.15, 0.2) is 0 Å². The fourth-order valence-electron chi connectivity index (χ4n) is 2.25. The SMILES string of the molecule is Cn1c(=NNC(=O)c2ccc(S(=O)(=O)C(F)F)cc2)sc2ccccc21. The van der Waals surface area contributed by atoms with Crippen molar-refractivity contribution >= 4 is 37.3 Å². The van der Waals surface area contributed by atoms with Crippen molar-refractivity contribution < 1.29 is 22.0 Å². The number of aromatic nitrogens is 1. The van der Waals surface area contributed by atoms with Crippen LogP contribution in [0.2, 0.25) is 0 Å². The van der Waals surface area contributed by atoms with Crippen molar-refractivity contribution in [1.29, 1.82) is 0 Å². The number of thiazole rings is 1. The summed E-state index contributed by atoms with van der Waals surface area (Å²) in [5, 5.41) is 4.06. The van der Waals surface area contributed by atoms with Crippen LogP contribution in [0, 0.1) is 0 Å². The van der Waals surface area contributed by atoms with Crippen molar-refractivity contribution in [2.24, 2.45) is 12.1 Å². The summed E-state index contributed by atoms with van der Waals surface area (Å²) in [6.07, 6.45) is 0. The first kappa shape index (κ1) is 18.2. The number of rotatable bonds is 4. The third kappa shape index (κ3) is 3.37. The van der Waals surface area contributed by atoms with Gasteiger partial charge in [-0.15, -0.1) is 5.10 Å². The molecule has 136 valence electrons. The lowest BCUT2D eigenvalue weighted by molar-refractivity contribution is 0.0953. The molecule has 26 heavy (non-hydrogen) atoms. The lowest BCUT2D eigenvalue weighted by Gasteiger charge is -2.04. The van der Waals surface area contributed by atoms with Gasteiger partial charge in [-0.1, -0.05) is 23.5 Å². The van der Waals surface area contributed by atoms with Crippen LogP contribution in [0.5, 0.6) is 0 Å². The maximum Gasteiger partial charge on any atom is 0.341 e. The van der Waals surface area contributed by atoms with Gasteiger partial charge in [-0.3, -0.25) is 4.79 Å². The van der Waals surface area contributed by atoms with E-state index in [1.54, 1.807) is 0 Å². The summed E-state index contributed by atoms with van der Waals surface area (Å²) in [6, 6.07) is 11.9. The Balaban J connectivity index is 1.83. The molecule has 0 spiro atoms. The number of sulfone groups is 1. The van der Waals surface area contributed by atoms with E-state index < -0.39 is 26.4 Å². The second-order valence-electron chi connectivity index (χ2n) is 5.29. The molecule has 3 rings (SSSR count). The highest BCUT2D eigenvalue weighted by Crippen LogP contribution is 2.18. The molecule has 0 radical (unpaired) electrons. The molecule has 0 fully saturated rings. The van der Waals surface area contributed by atoms with Crippen LogP contribution in [0.1, 0.15) is 10.4 Å². The van der Waals surface area contributed by atoms with Crippen molar-refractivity contribution in [3.05, 3.63) is 58.9 Å². The van der Waals surface area contributed by atoms with Crippen LogP contribution in [0.3, 0.4) is 0 Å². The van der Waals surface area contributed by atoms with E-state index in [0.717, 1.165) is 34.5 Å². The topological polar surface area (TPSA) is 80.5 Å². The Bertz CT molecular complexity index is 1130. The minimum atomic E-state index is -4.69. The number of benzene rings is 2. The smallest absolute Gasteiger partial charge is 0.318 e. The summed E-state index contributed by atoms with van der Waals surface area (Å²) in [6.45, 7) is 0.